The minimum absolute atomic E-state index is 0.0439. The van der Waals surface area contributed by atoms with Crippen molar-refractivity contribution in [2.75, 3.05) is 10.2 Å². The first-order valence-corrected chi connectivity index (χ1v) is 7.29. The molecule has 0 aliphatic carbocycles. The van der Waals surface area contributed by atoms with Gasteiger partial charge in [-0.1, -0.05) is 12.1 Å². The molecule has 8 heteroatoms. The predicted octanol–water partition coefficient (Wildman–Crippen LogP) is 1.87. The average Bonchev–Trinajstić information content (AvgIpc) is 3.22. The zero-order valence-electron chi connectivity index (χ0n) is 12.5. The Balaban J connectivity index is 1.92. The van der Waals surface area contributed by atoms with Gasteiger partial charge in [0.25, 0.3) is 5.91 Å². The zero-order chi connectivity index (χ0) is 16.7. The van der Waals surface area contributed by atoms with Crippen LogP contribution in [0.25, 0.3) is 0 Å². The lowest BCUT2D eigenvalue weighted by Crippen LogP contribution is -2.27. The van der Waals surface area contributed by atoms with Crippen molar-refractivity contribution in [3.63, 3.8) is 0 Å². The topological polar surface area (TPSA) is 120 Å². The summed E-state index contributed by atoms with van der Waals surface area (Å²) in [5.41, 5.74) is 8.47. The van der Waals surface area contributed by atoms with Gasteiger partial charge in [-0.15, -0.1) is 0 Å². The quantitative estimate of drug-likeness (QED) is 0.584. The van der Waals surface area contributed by atoms with Crippen LogP contribution in [0.2, 0.25) is 0 Å². The maximum absolute atomic E-state index is 11.8. The molecule has 120 valence electrons. The molecule has 4 rings (SSSR count). The number of fused-ring (bicyclic) bond motifs is 1. The Hall–Kier alpha value is -3.55. The Labute approximate surface area is 137 Å². The van der Waals surface area contributed by atoms with Gasteiger partial charge in [0.15, 0.2) is 5.69 Å². The number of nitrogens with one attached hydrogen (secondary N) is 2. The highest BCUT2D eigenvalue weighted by Crippen LogP contribution is 2.46. The number of nitrogens with zero attached hydrogens (tertiary/aromatic N) is 3. The molecule has 8 nitrogen and oxygen atoms in total. The molecule has 1 aliphatic rings. The third-order valence-electron chi connectivity index (χ3n) is 3.88. The van der Waals surface area contributed by atoms with Crippen LogP contribution in [0.5, 0.6) is 6.01 Å². The average molecular weight is 322 g/mol. The Kier molecular flexibility index (Phi) is 3.09. The molecule has 0 saturated heterocycles. The number of rotatable bonds is 3. The molecule has 0 fully saturated rings. The van der Waals surface area contributed by atoms with E-state index >= 15 is 0 Å². The lowest BCUT2D eigenvalue weighted by molar-refractivity contribution is 0.0995. The standard InChI is InChI=1S/C16H14N6O2/c17-14(23)13-12(8-19-16(24)21-13)22-11-6-2-1-4-9(11)20-15(22)10-5-3-7-18-10/h1-8,15,18,20H,(H2,17,23)(H,19,21,24). The lowest BCUT2D eigenvalue weighted by atomic mass is 10.2. The number of para-hydroxylation sites is 2. The summed E-state index contributed by atoms with van der Waals surface area (Å²) in [4.78, 5) is 24.4. The van der Waals surface area contributed by atoms with E-state index in [1.807, 2.05) is 47.5 Å². The van der Waals surface area contributed by atoms with Crippen molar-refractivity contribution >= 4 is 23.0 Å². The molecule has 24 heavy (non-hydrogen) atoms. The van der Waals surface area contributed by atoms with Crippen molar-refractivity contribution in [3.8, 4) is 6.01 Å². The summed E-state index contributed by atoms with van der Waals surface area (Å²) >= 11 is 0. The number of nitrogens with two attached hydrogens (primary N) is 1. The monoisotopic (exact) mass is 322 g/mol. The molecule has 1 unspecified atom stereocenters. The van der Waals surface area contributed by atoms with Crippen LogP contribution >= 0.6 is 0 Å². The number of hydrogen-bond donors (Lipinski definition) is 4. The van der Waals surface area contributed by atoms with Gasteiger partial charge in [-0.25, -0.2) is 4.98 Å². The Morgan fingerprint density at radius 3 is 2.79 bits per heavy atom. The second kappa shape index (κ2) is 5.27. The normalized spacial score (nSPS) is 15.8. The predicted molar refractivity (Wildman–Crippen MR) is 88.0 cm³/mol. The van der Waals surface area contributed by atoms with Gasteiger partial charge in [-0.3, -0.25) is 4.79 Å². The fourth-order valence-corrected chi connectivity index (χ4v) is 2.88. The Morgan fingerprint density at radius 2 is 2.04 bits per heavy atom. The number of aromatic amines is 1. The summed E-state index contributed by atoms with van der Waals surface area (Å²) in [7, 11) is 0. The van der Waals surface area contributed by atoms with Gasteiger partial charge in [0.05, 0.1) is 29.0 Å². The maximum Gasteiger partial charge on any atom is 0.314 e. The smallest absolute Gasteiger partial charge is 0.314 e. The van der Waals surface area contributed by atoms with Gasteiger partial charge < -0.3 is 26.0 Å². The summed E-state index contributed by atoms with van der Waals surface area (Å²) in [6.45, 7) is 0. The molecule has 1 amide bonds. The van der Waals surface area contributed by atoms with Crippen molar-refractivity contribution in [2.45, 2.75) is 6.17 Å². The second-order valence-electron chi connectivity index (χ2n) is 5.33. The number of amides is 1. The molecule has 0 spiro atoms. The summed E-state index contributed by atoms with van der Waals surface area (Å²) in [5, 5.41) is 12.9. The second-order valence-corrected chi connectivity index (χ2v) is 5.33. The van der Waals surface area contributed by atoms with E-state index in [9.17, 15) is 9.90 Å². The molecular formula is C16H14N6O2. The minimum atomic E-state index is -0.739. The molecule has 0 radical (unpaired) electrons. The highest BCUT2D eigenvalue weighted by Gasteiger charge is 2.34. The van der Waals surface area contributed by atoms with E-state index in [0.29, 0.717) is 5.69 Å². The van der Waals surface area contributed by atoms with Gasteiger partial charge in [0, 0.05) is 6.20 Å². The molecule has 3 heterocycles. The molecule has 5 N–H and O–H groups in total. The third-order valence-corrected chi connectivity index (χ3v) is 3.88. The van der Waals surface area contributed by atoms with Gasteiger partial charge in [0.2, 0.25) is 0 Å². The summed E-state index contributed by atoms with van der Waals surface area (Å²) in [6.07, 6.45) is 2.92. The third kappa shape index (κ3) is 2.12. The van der Waals surface area contributed by atoms with Crippen LogP contribution in [0.15, 0.2) is 48.8 Å². The van der Waals surface area contributed by atoms with E-state index < -0.39 is 11.9 Å². The number of hydrogen-bond acceptors (Lipinski definition) is 6. The van der Waals surface area contributed by atoms with Crippen molar-refractivity contribution in [1.29, 1.82) is 0 Å². The highest BCUT2D eigenvalue weighted by molar-refractivity contribution is 5.99. The molecule has 1 aromatic carbocycles. The first kappa shape index (κ1) is 14.1. The van der Waals surface area contributed by atoms with Gasteiger partial charge >= 0.3 is 6.01 Å². The fraction of sp³-hybridized carbons (Fsp3) is 0.0625. The van der Waals surface area contributed by atoms with E-state index in [0.717, 1.165) is 17.1 Å². The molecule has 0 bridgehead atoms. The zero-order valence-corrected chi connectivity index (χ0v) is 12.5. The van der Waals surface area contributed by atoms with Crippen molar-refractivity contribution < 1.29 is 9.90 Å². The van der Waals surface area contributed by atoms with E-state index in [1.165, 1.54) is 6.20 Å². The van der Waals surface area contributed by atoms with Crippen LogP contribution in [-0.4, -0.2) is 26.0 Å². The number of H-pyrrole nitrogens is 1. The van der Waals surface area contributed by atoms with Crippen LogP contribution in [0.3, 0.4) is 0 Å². The molecular weight excluding hydrogens is 308 g/mol. The molecule has 0 saturated carbocycles. The summed E-state index contributed by atoms with van der Waals surface area (Å²) in [6, 6.07) is 11.0. The Morgan fingerprint density at radius 1 is 1.21 bits per heavy atom. The minimum Gasteiger partial charge on any atom is -0.479 e. The first-order chi connectivity index (χ1) is 11.6. The van der Waals surface area contributed by atoms with Crippen LogP contribution in [-0.2, 0) is 0 Å². The lowest BCUT2D eigenvalue weighted by Gasteiger charge is -2.26. The molecule has 1 atom stereocenters. The summed E-state index contributed by atoms with van der Waals surface area (Å²) < 4.78 is 0. The summed E-state index contributed by atoms with van der Waals surface area (Å²) in [5.74, 6) is -0.739. The number of primary amides is 1. The van der Waals surface area contributed by atoms with Crippen molar-refractivity contribution in [3.05, 3.63) is 60.2 Å². The van der Waals surface area contributed by atoms with Crippen LogP contribution < -0.4 is 16.0 Å². The fourth-order valence-electron chi connectivity index (χ4n) is 2.88. The molecule has 2 aromatic heterocycles. The van der Waals surface area contributed by atoms with E-state index in [1.54, 1.807) is 0 Å². The number of aromatic hydroxyl groups is 1. The van der Waals surface area contributed by atoms with Gasteiger partial charge in [-0.05, 0) is 24.3 Å². The van der Waals surface area contributed by atoms with Crippen molar-refractivity contribution in [1.82, 2.24) is 15.0 Å². The SMILES string of the molecule is NC(=O)c1nc(O)ncc1N1c2ccccc2NC1c1ccc[nH]1. The van der Waals surface area contributed by atoms with Crippen LogP contribution in [0.1, 0.15) is 22.3 Å². The van der Waals surface area contributed by atoms with E-state index in [4.69, 9.17) is 5.73 Å². The maximum atomic E-state index is 11.8. The first-order valence-electron chi connectivity index (χ1n) is 7.29. The largest absolute Gasteiger partial charge is 0.479 e. The number of carbonyl (C=O) groups is 1. The number of anilines is 3. The Bertz CT molecular complexity index is 909. The van der Waals surface area contributed by atoms with Crippen molar-refractivity contribution in [2.24, 2.45) is 5.73 Å². The molecule has 3 aromatic rings. The highest BCUT2D eigenvalue weighted by atomic mass is 16.3. The number of benzene rings is 1. The molecule has 1 aliphatic heterocycles. The van der Waals surface area contributed by atoms with E-state index in [-0.39, 0.29) is 11.9 Å². The van der Waals surface area contributed by atoms with Gasteiger partial charge in [0.1, 0.15) is 6.17 Å². The van der Waals surface area contributed by atoms with Gasteiger partial charge in [-0.2, -0.15) is 4.98 Å². The van der Waals surface area contributed by atoms with Crippen LogP contribution in [0, 0.1) is 0 Å². The van der Waals surface area contributed by atoms with Crippen LogP contribution in [0.4, 0.5) is 17.1 Å². The van der Waals surface area contributed by atoms with E-state index in [2.05, 4.69) is 20.3 Å². The number of carbonyl (C=O) groups excluding carboxylic acids is 1. The number of aromatic nitrogens is 3.